The van der Waals surface area contributed by atoms with Crippen molar-refractivity contribution in [1.29, 1.82) is 0 Å². The first kappa shape index (κ1) is 11.3. The average molecular weight is 233 g/mol. The molecule has 2 aromatic rings. The van der Waals surface area contributed by atoms with Gasteiger partial charge in [0, 0.05) is 22.9 Å². The molecule has 0 aliphatic heterocycles. The van der Waals surface area contributed by atoms with Crippen molar-refractivity contribution < 1.29 is 14.2 Å². The monoisotopic (exact) mass is 233 g/mol. The van der Waals surface area contributed by atoms with Gasteiger partial charge in [-0.05, 0) is 18.2 Å². The van der Waals surface area contributed by atoms with Crippen LogP contribution in [-0.4, -0.2) is 12.2 Å². The van der Waals surface area contributed by atoms with E-state index in [4.69, 9.17) is 10.5 Å². The predicted molar refractivity (Wildman–Crippen MR) is 64.5 cm³/mol. The smallest absolute Gasteiger partial charge is 0.172 e. The van der Waals surface area contributed by atoms with Crippen molar-refractivity contribution in [3.05, 3.63) is 42.2 Å². The highest BCUT2D eigenvalue weighted by Gasteiger charge is 2.13. The third-order valence-electron chi connectivity index (χ3n) is 2.50. The van der Waals surface area contributed by atoms with Crippen LogP contribution in [0.4, 0.5) is 10.1 Å². The minimum Gasteiger partial charge on any atom is -0.507 e. The molecule has 0 atom stereocenters. The van der Waals surface area contributed by atoms with Crippen molar-refractivity contribution in [3.63, 3.8) is 0 Å². The van der Waals surface area contributed by atoms with Crippen molar-refractivity contribution >= 4 is 5.69 Å². The fourth-order valence-electron chi connectivity index (χ4n) is 1.65. The predicted octanol–water partition coefficient (Wildman–Crippen LogP) is 2.79. The molecule has 2 aromatic carbocycles. The molecule has 0 amide bonds. The zero-order valence-corrected chi connectivity index (χ0v) is 9.27. The Balaban J connectivity index is 2.60. The lowest BCUT2D eigenvalue weighted by Crippen LogP contribution is -1.92. The van der Waals surface area contributed by atoms with E-state index in [-0.39, 0.29) is 17.1 Å². The molecule has 0 saturated heterocycles. The van der Waals surface area contributed by atoms with Gasteiger partial charge in [-0.15, -0.1) is 0 Å². The Bertz CT molecular complexity index is 555. The molecule has 0 bridgehead atoms. The molecule has 88 valence electrons. The number of rotatable bonds is 2. The number of methoxy groups -OCH3 is 1. The second-order valence-electron chi connectivity index (χ2n) is 3.60. The molecule has 3 nitrogen and oxygen atoms in total. The summed E-state index contributed by atoms with van der Waals surface area (Å²) in [6, 6.07) is 9.31. The van der Waals surface area contributed by atoms with E-state index >= 15 is 0 Å². The molecule has 0 spiro atoms. The Hall–Kier alpha value is -2.23. The second-order valence-corrected chi connectivity index (χ2v) is 3.60. The molecule has 0 aromatic heterocycles. The highest BCUT2D eigenvalue weighted by molar-refractivity contribution is 5.74. The van der Waals surface area contributed by atoms with Gasteiger partial charge in [0.2, 0.25) is 0 Å². The van der Waals surface area contributed by atoms with E-state index in [1.807, 2.05) is 0 Å². The average Bonchev–Trinajstić information content (AvgIpc) is 2.30. The Morgan fingerprint density at radius 2 is 1.94 bits per heavy atom. The van der Waals surface area contributed by atoms with Gasteiger partial charge in [0.15, 0.2) is 11.6 Å². The summed E-state index contributed by atoms with van der Waals surface area (Å²) >= 11 is 0. The van der Waals surface area contributed by atoms with Crippen LogP contribution in [0.1, 0.15) is 0 Å². The molecule has 0 fully saturated rings. The number of anilines is 1. The van der Waals surface area contributed by atoms with Crippen LogP contribution in [0.5, 0.6) is 11.5 Å². The summed E-state index contributed by atoms with van der Waals surface area (Å²) in [5.74, 6) is -0.425. The van der Waals surface area contributed by atoms with Crippen LogP contribution in [-0.2, 0) is 0 Å². The Morgan fingerprint density at radius 3 is 2.59 bits per heavy atom. The van der Waals surface area contributed by atoms with Gasteiger partial charge in [0.25, 0.3) is 0 Å². The summed E-state index contributed by atoms with van der Waals surface area (Å²) < 4.78 is 18.9. The van der Waals surface area contributed by atoms with E-state index < -0.39 is 5.82 Å². The van der Waals surface area contributed by atoms with Gasteiger partial charge >= 0.3 is 0 Å². The molecule has 0 heterocycles. The highest BCUT2D eigenvalue weighted by atomic mass is 19.1. The normalized spacial score (nSPS) is 10.2. The van der Waals surface area contributed by atoms with E-state index in [2.05, 4.69) is 0 Å². The van der Waals surface area contributed by atoms with E-state index in [0.29, 0.717) is 11.3 Å². The van der Waals surface area contributed by atoms with Gasteiger partial charge in [-0.2, -0.15) is 0 Å². The number of nitrogens with two attached hydrogens (primary N) is 1. The number of phenols is 1. The molecule has 0 aliphatic carbocycles. The van der Waals surface area contributed by atoms with E-state index in [1.54, 1.807) is 24.3 Å². The SMILES string of the molecule is COc1cccc(-c2ccc(N)cc2O)c1F. The third kappa shape index (κ3) is 2.01. The summed E-state index contributed by atoms with van der Waals surface area (Å²) in [5.41, 5.74) is 6.61. The molecular weight excluding hydrogens is 221 g/mol. The number of phenolic OH excluding ortho intramolecular Hbond substituents is 1. The van der Waals surface area contributed by atoms with Gasteiger partial charge in [-0.25, -0.2) is 4.39 Å². The number of ether oxygens (including phenoxy) is 1. The molecule has 3 N–H and O–H groups in total. The van der Waals surface area contributed by atoms with Gasteiger partial charge < -0.3 is 15.6 Å². The first-order valence-corrected chi connectivity index (χ1v) is 5.05. The largest absolute Gasteiger partial charge is 0.507 e. The molecule has 0 aliphatic rings. The molecule has 4 heteroatoms. The van der Waals surface area contributed by atoms with E-state index in [0.717, 1.165) is 0 Å². The molecular formula is C13H12FNO2. The first-order valence-electron chi connectivity index (χ1n) is 5.05. The zero-order valence-electron chi connectivity index (χ0n) is 9.27. The third-order valence-corrected chi connectivity index (χ3v) is 2.50. The maximum Gasteiger partial charge on any atom is 0.172 e. The molecule has 0 radical (unpaired) electrons. The summed E-state index contributed by atoms with van der Waals surface area (Å²) in [5, 5.41) is 9.75. The number of halogens is 1. The second kappa shape index (κ2) is 4.33. The summed E-state index contributed by atoms with van der Waals surface area (Å²) in [4.78, 5) is 0. The fourth-order valence-corrected chi connectivity index (χ4v) is 1.65. The van der Waals surface area contributed by atoms with Crippen molar-refractivity contribution in [2.24, 2.45) is 0 Å². The van der Waals surface area contributed by atoms with Crippen LogP contribution < -0.4 is 10.5 Å². The summed E-state index contributed by atoms with van der Waals surface area (Å²) in [6.07, 6.45) is 0. The van der Waals surface area contributed by atoms with Crippen molar-refractivity contribution in [2.75, 3.05) is 12.8 Å². The lowest BCUT2D eigenvalue weighted by Gasteiger charge is -2.09. The Kier molecular flexibility index (Phi) is 2.87. The number of hydrogen-bond donors (Lipinski definition) is 2. The zero-order chi connectivity index (χ0) is 12.4. The van der Waals surface area contributed by atoms with Crippen molar-refractivity contribution in [3.8, 4) is 22.6 Å². The molecule has 2 rings (SSSR count). The van der Waals surface area contributed by atoms with E-state index in [1.165, 1.54) is 19.2 Å². The van der Waals surface area contributed by atoms with Crippen molar-refractivity contribution in [2.45, 2.75) is 0 Å². The van der Waals surface area contributed by atoms with Gasteiger partial charge in [-0.3, -0.25) is 0 Å². The maximum atomic E-state index is 14.0. The van der Waals surface area contributed by atoms with Gasteiger partial charge in [0.05, 0.1) is 7.11 Å². The standard InChI is InChI=1S/C13H12FNO2/c1-17-12-4-2-3-10(13(12)14)9-6-5-8(15)7-11(9)16/h2-7,16H,15H2,1H3. The van der Waals surface area contributed by atoms with Crippen LogP contribution in [0.2, 0.25) is 0 Å². The van der Waals surface area contributed by atoms with Gasteiger partial charge in [0.1, 0.15) is 5.75 Å². The first-order chi connectivity index (χ1) is 8.13. The molecule has 17 heavy (non-hydrogen) atoms. The van der Waals surface area contributed by atoms with E-state index in [9.17, 15) is 9.50 Å². The fraction of sp³-hybridized carbons (Fsp3) is 0.0769. The van der Waals surface area contributed by atoms with Crippen LogP contribution in [0, 0.1) is 5.82 Å². The van der Waals surface area contributed by atoms with Crippen molar-refractivity contribution in [1.82, 2.24) is 0 Å². The lowest BCUT2D eigenvalue weighted by atomic mass is 10.0. The minimum absolute atomic E-state index is 0.0582. The number of nitrogen functional groups attached to an aromatic ring is 1. The van der Waals surface area contributed by atoms with Crippen LogP contribution in [0.15, 0.2) is 36.4 Å². The number of hydrogen-bond acceptors (Lipinski definition) is 3. The molecule has 0 unspecified atom stereocenters. The maximum absolute atomic E-state index is 14.0. The summed E-state index contributed by atoms with van der Waals surface area (Å²) in [7, 11) is 1.39. The minimum atomic E-state index is -0.505. The molecule has 0 saturated carbocycles. The summed E-state index contributed by atoms with van der Waals surface area (Å²) in [6.45, 7) is 0. The van der Waals surface area contributed by atoms with Gasteiger partial charge in [-0.1, -0.05) is 12.1 Å². The topological polar surface area (TPSA) is 55.5 Å². The number of benzene rings is 2. The Labute approximate surface area is 98.3 Å². The van der Waals surface area contributed by atoms with Crippen LogP contribution in [0.3, 0.4) is 0 Å². The highest BCUT2D eigenvalue weighted by Crippen LogP contribution is 2.35. The quantitative estimate of drug-likeness (QED) is 0.784. The van der Waals surface area contributed by atoms with Crippen LogP contribution >= 0.6 is 0 Å². The Morgan fingerprint density at radius 1 is 1.18 bits per heavy atom. The lowest BCUT2D eigenvalue weighted by molar-refractivity contribution is 0.387. The van der Waals surface area contributed by atoms with Crippen LogP contribution in [0.25, 0.3) is 11.1 Å². The number of aromatic hydroxyl groups is 1.